The molecule has 0 aliphatic carbocycles. The first kappa shape index (κ1) is 55.8. The highest BCUT2D eigenvalue weighted by Gasteiger charge is 2.23. The molecule has 0 unspecified atom stereocenters. The van der Waals surface area contributed by atoms with Crippen molar-refractivity contribution in [1.29, 1.82) is 0 Å². The highest BCUT2D eigenvalue weighted by atomic mass is 79.9. The van der Waals surface area contributed by atoms with Gasteiger partial charge in [0.05, 0.1) is 11.4 Å². The summed E-state index contributed by atoms with van der Waals surface area (Å²) in [6.45, 7) is 21.0. The van der Waals surface area contributed by atoms with Gasteiger partial charge in [0, 0.05) is 26.7 Å². The van der Waals surface area contributed by atoms with Gasteiger partial charge in [-0.1, -0.05) is 199 Å². The smallest absolute Gasteiger partial charge is 0.423 e. The van der Waals surface area contributed by atoms with Crippen LogP contribution in [0.1, 0.15) is 70.5 Å². The van der Waals surface area contributed by atoms with Crippen LogP contribution in [0.15, 0.2) is 174 Å². The molecule has 8 aromatic carbocycles. The van der Waals surface area contributed by atoms with Crippen LogP contribution in [-0.2, 0) is 0 Å². The largest absolute Gasteiger partial charge is 0.488 e. The maximum absolute atomic E-state index is 8.83. The van der Waals surface area contributed by atoms with E-state index in [4.69, 9.17) is 15.1 Å². The Morgan fingerprint density at radius 2 is 0.676 bits per heavy atom. The lowest BCUT2D eigenvalue weighted by molar-refractivity contribution is 0.425. The van der Waals surface area contributed by atoms with E-state index in [1.165, 1.54) is 55.6 Å². The zero-order chi connectivity index (χ0) is 51.2. The van der Waals surface area contributed by atoms with Gasteiger partial charge in [-0.05, 0) is 143 Å². The van der Waals surface area contributed by atoms with E-state index in [1.54, 1.807) is 12.1 Å². The zero-order valence-electron chi connectivity index (χ0n) is 42.7. The Balaban J connectivity index is 0.000000199. The fraction of sp³-hybridized carbons (Fsp3) is 0.188. The highest BCUT2D eigenvalue weighted by molar-refractivity contribution is 9.10. The van der Waals surface area contributed by atoms with Crippen LogP contribution in [0.25, 0.3) is 68.1 Å². The average Bonchev–Trinajstić information content (AvgIpc) is 3.97. The van der Waals surface area contributed by atoms with E-state index in [1.807, 2.05) is 68.4 Å². The number of benzene rings is 8. The minimum absolute atomic E-state index is 0. The summed E-state index contributed by atoms with van der Waals surface area (Å²) in [6.07, 6.45) is 0. The molecule has 10 heteroatoms. The molecule has 0 bridgehead atoms. The summed E-state index contributed by atoms with van der Waals surface area (Å²) in [5.41, 5.74) is 21.3. The molecule has 0 aliphatic heterocycles. The second-order valence-corrected chi connectivity index (χ2v) is 19.7. The van der Waals surface area contributed by atoms with Gasteiger partial charge < -0.3 is 10.0 Å². The molecule has 0 radical (unpaired) electrons. The van der Waals surface area contributed by atoms with Crippen LogP contribution < -0.4 is 5.46 Å². The third kappa shape index (κ3) is 12.5. The quantitative estimate of drug-likeness (QED) is 0.147. The minimum Gasteiger partial charge on any atom is -0.423 e. The van der Waals surface area contributed by atoms with Crippen molar-refractivity contribution < 1.29 is 10.0 Å². The van der Waals surface area contributed by atoms with E-state index >= 15 is 0 Å². The number of aromatic nitrogens is 6. The van der Waals surface area contributed by atoms with Crippen molar-refractivity contribution in [2.45, 2.75) is 84.1 Å². The van der Waals surface area contributed by atoms with Gasteiger partial charge in [0.2, 0.25) is 0 Å². The van der Waals surface area contributed by atoms with Gasteiger partial charge in [-0.2, -0.15) is 0 Å². The van der Waals surface area contributed by atoms with Crippen molar-refractivity contribution in [3.8, 4) is 68.1 Å². The fourth-order valence-corrected chi connectivity index (χ4v) is 10.3. The second-order valence-electron chi connectivity index (χ2n) is 18.7. The highest BCUT2D eigenvalue weighted by Crippen LogP contribution is 2.37. The molecule has 0 amide bonds. The van der Waals surface area contributed by atoms with Crippen LogP contribution >= 0.6 is 15.9 Å². The summed E-state index contributed by atoms with van der Waals surface area (Å²) >= 11 is 3.61. The molecule has 0 saturated carbocycles. The lowest BCUT2D eigenvalue weighted by Crippen LogP contribution is -2.30. The van der Waals surface area contributed by atoms with Crippen LogP contribution in [0.2, 0.25) is 0 Å². The Bertz CT molecular complexity index is 3440. The van der Waals surface area contributed by atoms with Crippen molar-refractivity contribution >= 4 is 28.5 Å². The normalized spacial score (nSPS) is 10.6. The molecular formula is C64H68BBrN6O2. The Hall–Kier alpha value is -7.50. The van der Waals surface area contributed by atoms with Gasteiger partial charge >= 0.3 is 7.12 Å². The molecule has 0 atom stereocenters. The van der Waals surface area contributed by atoms with Gasteiger partial charge in [0.1, 0.15) is 0 Å². The molecule has 0 saturated heterocycles. The topological polar surface area (TPSA) is 102 Å². The van der Waals surface area contributed by atoms with E-state index in [0.29, 0.717) is 5.46 Å². The monoisotopic (exact) mass is 1040 g/mol. The van der Waals surface area contributed by atoms with Gasteiger partial charge in [-0.25, -0.2) is 0 Å². The third-order valence-electron chi connectivity index (χ3n) is 12.7. The van der Waals surface area contributed by atoms with Gasteiger partial charge in [-0.3, -0.25) is 9.13 Å². The number of halogens is 1. The van der Waals surface area contributed by atoms with Crippen molar-refractivity contribution in [2.75, 3.05) is 0 Å². The predicted molar refractivity (Wildman–Crippen MR) is 315 cm³/mol. The summed E-state index contributed by atoms with van der Waals surface area (Å²) in [5.74, 6) is 3.43. The number of aryl methyl sites for hydroxylation is 10. The lowest BCUT2D eigenvalue weighted by Gasteiger charge is -2.19. The van der Waals surface area contributed by atoms with Gasteiger partial charge in [0.15, 0.2) is 23.3 Å². The molecule has 376 valence electrons. The molecule has 74 heavy (non-hydrogen) atoms. The molecule has 0 spiro atoms. The SMILES string of the molecule is C.C.Cc1cc(C)cc(-c2cc(C)c(-n3c(-c4ccccc4)nnc3-c3ccccc3C)c(C)c2)c1.Cc1cc(C)cc(B(O)O)c1.Cc1ccccc1-c1nnc(-c2ccccc2)n1-c1c(C)cc(Br)cc1C. The fourth-order valence-electron chi connectivity index (χ4n) is 9.57. The van der Waals surface area contributed by atoms with Crippen LogP contribution in [0.3, 0.4) is 0 Å². The first-order valence-corrected chi connectivity index (χ1v) is 24.9. The molecule has 2 heterocycles. The minimum atomic E-state index is -1.35. The second kappa shape index (κ2) is 24.5. The molecule has 0 fully saturated rings. The van der Waals surface area contributed by atoms with Crippen molar-refractivity contribution in [3.63, 3.8) is 0 Å². The summed E-state index contributed by atoms with van der Waals surface area (Å²) in [5, 5.41) is 36.2. The van der Waals surface area contributed by atoms with E-state index in [2.05, 4.69) is 199 Å². The summed E-state index contributed by atoms with van der Waals surface area (Å²) < 4.78 is 5.50. The van der Waals surface area contributed by atoms with Crippen molar-refractivity contribution in [2.24, 2.45) is 0 Å². The lowest BCUT2D eigenvalue weighted by atomic mass is 9.79. The van der Waals surface area contributed by atoms with Gasteiger partial charge in [0.25, 0.3) is 0 Å². The first-order valence-electron chi connectivity index (χ1n) is 24.1. The van der Waals surface area contributed by atoms with E-state index in [-0.39, 0.29) is 14.9 Å². The molecule has 0 aliphatic rings. The maximum Gasteiger partial charge on any atom is 0.488 e. The van der Waals surface area contributed by atoms with E-state index in [0.717, 1.165) is 72.5 Å². The summed E-state index contributed by atoms with van der Waals surface area (Å²) in [6, 6.07) is 58.3. The summed E-state index contributed by atoms with van der Waals surface area (Å²) in [4.78, 5) is 0. The molecule has 10 aromatic rings. The first-order chi connectivity index (χ1) is 34.6. The molecule has 2 N–H and O–H groups in total. The Labute approximate surface area is 447 Å². The molecule has 10 rings (SSSR count). The Kier molecular flexibility index (Phi) is 18.5. The van der Waals surface area contributed by atoms with Crippen molar-refractivity contribution in [3.05, 3.63) is 230 Å². The Morgan fingerprint density at radius 1 is 0.351 bits per heavy atom. The standard InChI is InChI=1S/C31H29N3.C23H20BrN3.C8H11BO2.2CH4/c1-20-15-21(2)17-26(16-20)27-18-23(4)29(24(5)19-27)34-30(25-12-7-6-8-13-25)32-33-31(34)28-14-10-9-11-22(28)3;1-15-9-7-8-12-20(15)23-26-25-22(18-10-5-4-6-11-18)27(23)21-16(2)13-19(24)14-17(21)3;1-6-3-7(2)5-8(4-6)9(10)11;;/h6-19H,1-5H3;4-14H,1-3H3;3-5,10-11H,1-2H3;2*1H4. The number of rotatable bonds is 8. The average molecular weight is 1040 g/mol. The van der Waals surface area contributed by atoms with E-state index in [9.17, 15) is 0 Å². The zero-order valence-corrected chi connectivity index (χ0v) is 44.3. The molecule has 8 nitrogen and oxygen atoms in total. The molecular weight excluding hydrogens is 975 g/mol. The van der Waals surface area contributed by atoms with Crippen LogP contribution in [0, 0.1) is 69.2 Å². The molecule has 2 aromatic heterocycles. The maximum atomic E-state index is 8.83. The Morgan fingerprint density at radius 3 is 1.05 bits per heavy atom. The summed E-state index contributed by atoms with van der Waals surface area (Å²) in [7, 11) is -1.35. The predicted octanol–water partition coefficient (Wildman–Crippen LogP) is 15.4. The number of nitrogens with zero attached hydrogens (tertiary/aromatic N) is 6. The number of hydrogen-bond acceptors (Lipinski definition) is 6. The van der Waals surface area contributed by atoms with Crippen LogP contribution in [0.5, 0.6) is 0 Å². The third-order valence-corrected chi connectivity index (χ3v) is 13.1. The number of hydrogen-bond donors (Lipinski definition) is 2. The van der Waals surface area contributed by atoms with Crippen molar-refractivity contribution in [1.82, 2.24) is 29.5 Å². The van der Waals surface area contributed by atoms with E-state index < -0.39 is 7.12 Å². The van der Waals surface area contributed by atoms with Crippen LogP contribution in [0.4, 0.5) is 0 Å². The van der Waals surface area contributed by atoms with Crippen LogP contribution in [-0.4, -0.2) is 46.7 Å². The van der Waals surface area contributed by atoms with Gasteiger partial charge in [-0.15, -0.1) is 20.4 Å².